The fourth-order valence-corrected chi connectivity index (χ4v) is 4.37. The van der Waals surface area contributed by atoms with E-state index >= 15 is 0 Å². The van der Waals surface area contributed by atoms with Gasteiger partial charge in [0.25, 0.3) is 0 Å². The van der Waals surface area contributed by atoms with Gasteiger partial charge in [-0.25, -0.2) is 0 Å². The van der Waals surface area contributed by atoms with Crippen LogP contribution in [0.3, 0.4) is 0 Å². The molecule has 0 atom stereocenters. The smallest absolute Gasteiger partial charge is 0.231 e. The van der Waals surface area contributed by atoms with Crippen LogP contribution in [0.25, 0.3) is 0 Å². The van der Waals surface area contributed by atoms with Gasteiger partial charge in [0.1, 0.15) is 0 Å². The molecular formula is C21H25BrN2O2. The first-order valence-electron chi connectivity index (χ1n) is 9.30. The summed E-state index contributed by atoms with van der Waals surface area (Å²) in [6, 6.07) is 15.8. The first kappa shape index (κ1) is 17.8. The monoisotopic (exact) mass is 416 g/mol. The molecule has 1 heterocycles. The van der Waals surface area contributed by atoms with Crippen molar-refractivity contribution in [3.8, 4) is 11.5 Å². The lowest BCUT2D eigenvalue weighted by atomic mass is 9.90. The number of halogens is 1. The number of hydrogen-bond donors (Lipinski definition) is 1. The van der Waals surface area contributed by atoms with Crippen molar-refractivity contribution in [1.29, 1.82) is 0 Å². The van der Waals surface area contributed by atoms with Crippen molar-refractivity contribution in [2.24, 2.45) is 5.73 Å². The molecule has 138 valence electrons. The summed E-state index contributed by atoms with van der Waals surface area (Å²) in [6.07, 6.45) is 4.56. The summed E-state index contributed by atoms with van der Waals surface area (Å²) in [7, 11) is 0. The lowest BCUT2D eigenvalue weighted by molar-refractivity contribution is 0.134. The van der Waals surface area contributed by atoms with E-state index in [1.54, 1.807) is 0 Å². The minimum atomic E-state index is 0.320. The van der Waals surface area contributed by atoms with Gasteiger partial charge in [-0.3, -0.25) is 4.90 Å². The first-order chi connectivity index (χ1) is 12.7. The van der Waals surface area contributed by atoms with Gasteiger partial charge >= 0.3 is 0 Å². The molecule has 0 radical (unpaired) electrons. The Bertz CT molecular complexity index is 759. The molecule has 1 aliphatic carbocycles. The van der Waals surface area contributed by atoms with Crippen molar-refractivity contribution in [2.45, 2.75) is 50.9 Å². The maximum atomic E-state index is 6.13. The van der Waals surface area contributed by atoms with Gasteiger partial charge in [0, 0.05) is 29.6 Å². The molecule has 0 unspecified atom stereocenters. The van der Waals surface area contributed by atoms with E-state index in [2.05, 4.69) is 57.2 Å². The summed E-state index contributed by atoms with van der Waals surface area (Å²) in [6.45, 7) is 2.16. The summed E-state index contributed by atoms with van der Waals surface area (Å²) in [5.74, 6) is 1.70. The SMILES string of the molecule is NC1CCC(N(Cc2cccc(Br)c2)Cc2ccc3c(c2)OCO3)CC1. The molecule has 5 heteroatoms. The summed E-state index contributed by atoms with van der Waals surface area (Å²) in [5.41, 5.74) is 8.72. The fraction of sp³-hybridized carbons (Fsp3) is 0.429. The number of fused-ring (bicyclic) bond motifs is 1. The molecule has 0 amide bonds. The molecule has 4 nitrogen and oxygen atoms in total. The van der Waals surface area contributed by atoms with Crippen LogP contribution in [0, 0.1) is 0 Å². The Labute approximate surface area is 163 Å². The van der Waals surface area contributed by atoms with Gasteiger partial charge in [-0.2, -0.15) is 0 Å². The number of ether oxygens (including phenoxy) is 2. The second-order valence-corrected chi connectivity index (χ2v) is 8.21. The second kappa shape index (κ2) is 7.99. The third-order valence-corrected chi connectivity index (χ3v) is 5.85. The number of nitrogens with zero attached hydrogens (tertiary/aromatic N) is 1. The van der Waals surface area contributed by atoms with Gasteiger partial charge in [0.05, 0.1) is 0 Å². The molecule has 4 rings (SSSR count). The molecule has 2 aromatic rings. The van der Waals surface area contributed by atoms with E-state index in [4.69, 9.17) is 15.2 Å². The molecule has 2 aromatic carbocycles. The highest BCUT2D eigenvalue weighted by molar-refractivity contribution is 9.10. The standard InChI is InChI=1S/C21H25BrN2O2/c22-17-3-1-2-15(10-17)12-24(19-7-5-18(23)6-8-19)13-16-4-9-20-21(11-16)26-14-25-20/h1-4,9-11,18-19H,5-8,12-14,23H2. The van der Waals surface area contributed by atoms with E-state index < -0.39 is 0 Å². The highest BCUT2D eigenvalue weighted by Gasteiger charge is 2.25. The Morgan fingerprint density at radius 1 is 0.923 bits per heavy atom. The van der Waals surface area contributed by atoms with Gasteiger partial charge < -0.3 is 15.2 Å². The molecule has 0 saturated heterocycles. The van der Waals surface area contributed by atoms with Crippen molar-refractivity contribution in [1.82, 2.24) is 4.90 Å². The zero-order valence-electron chi connectivity index (χ0n) is 14.9. The zero-order chi connectivity index (χ0) is 17.9. The summed E-state index contributed by atoms with van der Waals surface area (Å²) < 4.78 is 12.1. The predicted octanol–water partition coefficient (Wildman–Crippen LogP) is 4.45. The van der Waals surface area contributed by atoms with Crippen LogP contribution in [-0.2, 0) is 13.1 Å². The topological polar surface area (TPSA) is 47.7 Å². The third-order valence-electron chi connectivity index (χ3n) is 5.36. The molecule has 1 saturated carbocycles. The number of nitrogens with two attached hydrogens (primary N) is 1. The number of benzene rings is 2. The maximum Gasteiger partial charge on any atom is 0.231 e. The first-order valence-corrected chi connectivity index (χ1v) is 10.1. The third kappa shape index (κ3) is 4.22. The summed E-state index contributed by atoms with van der Waals surface area (Å²) >= 11 is 3.59. The molecule has 2 aliphatic rings. The molecule has 1 aliphatic heterocycles. The van der Waals surface area contributed by atoms with Crippen LogP contribution in [0.4, 0.5) is 0 Å². The average Bonchev–Trinajstić information content (AvgIpc) is 3.10. The Kier molecular flexibility index (Phi) is 5.48. The van der Waals surface area contributed by atoms with Crippen molar-refractivity contribution in [3.63, 3.8) is 0 Å². The van der Waals surface area contributed by atoms with Crippen LogP contribution in [0.5, 0.6) is 11.5 Å². The van der Waals surface area contributed by atoms with E-state index in [0.717, 1.165) is 41.9 Å². The highest BCUT2D eigenvalue weighted by atomic mass is 79.9. The minimum absolute atomic E-state index is 0.320. The van der Waals surface area contributed by atoms with Gasteiger partial charge in [0.15, 0.2) is 11.5 Å². The average molecular weight is 417 g/mol. The normalized spacial score (nSPS) is 22.0. The Morgan fingerprint density at radius 3 is 2.42 bits per heavy atom. The molecular weight excluding hydrogens is 392 g/mol. The number of rotatable bonds is 5. The second-order valence-electron chi connectivity index (χ2n) is 7.29. The molecule has 0 aromatic heterocycles. The lowest BCUT2D eigenvalue weighted by Gasteiger charge is -2.36. The lowest BCUT2D eigenvalue weighted by Crippen LogP contribution is -2.40. The van der Waals surface area contributed by atoms with Crippen molar-refractivity contribution >= 4 is 15.9 Å². The Balaban J connectivity index is 1.53. The van der Waals surface area contributed by atoms with Crippen LogP contribution in [0.15, 0.2) is 46.9 Å². The fourth-order valence-electron chi connectivity index (χ4n) is 3.92. The van der Waals surface area contributed by atoms with E-state index in [1.165, 1.54) is 24.0 Å². The van der Waals surface area contributed by atoms with Crippen LogP contribution in [-0.4, -0.2) is 23.8 Å². The van der Waals surface area contributed by atoms with Crippen molar-refractivity contribution < 1.29 is 9.47 Å². The van der Waals surface area contributed by atoms with Gasteiger partial charge in [0.2, 0.25) is 6.79 Å². The van der Waals surface area contributed by atoms with Crippen LogP contribution in [0.1, 0.15) is 36.8 Å². The van der Waals surface area contributed by atoms with E-state index in [0.29, 0.717) is 18.9 Å². The van der Waals surface area contributed by atoms with E-state index in [1.807, 2.05) is 6.07 Å². The van der Waals surface area contributed by atoms with Crippen LogP contribution < -0.4 is 15.2 Å². The maximum absolute atomic E-state index is 6.13. The highest BCUT2D eigenvalue weighted by Crippen LogP contribution is 2.34. The molecule has 0 bridgehead atoms. The van der Waals surface area contributed by atoms with Crippen LogP contribution >= 0.6 is 15.9 Å². The van der Waals surface area contributed by atoms with Gasteiger partial charge in [-0.05, 0) is 61.1 Å². The van der Waals surface area contributed by atoms with Gasteiger partial charge in [-0.15, -0.1) is 0 Å². The van der Waals surface area contributed by atoms with E-state index in [-0.39, 0.29) is 0 Å². The molecule has 2 N–H and O–H groups in total. The quantitative estimate of drug-likeness (QED) is 0.781. The summed E-state index contributed by atoms with van der Waals surface area (Å²) in [5, 5.41) is 0. The molecule has 26 heavy (non-hydrogen) atoms. The Hall–Kier alpha value is -1.56. The van der Waals surface area contributed by atoms with Crippen molar-refractivity contribution in [3.05, 3.63) is 58.1 Å². The predicted molar refractivity (Wildman–Crippen MR) is 106 cm³/mol. The Morgan fingerprint density at radius 2 is 1.65 bits per heavy atom. The summed E-state index contributed by atoms with van der Waals surface area (Å²) in [4.78, 5) is 2.59. The minimum Gasteiger partial charge on any atom is -0.454 e. The van der Waals surface area contributed by atoms with Gasteiger partial charge in [-0.1, -0.05) is 34.1 Å². The van der Waals surface area contributed by atoms with Crippen LogP contribution in [0.2, 0.25) is 0 Å². The van der Waals surface area contributed by atoms with E-state index in [9.17, 15) is 0 Å². The molecule has 1 fully saturated rings. The number of hydrogen-bond acceptors (Lipinski definition) is 4. The zero-order valence-corrected chi connectivity index (χ0v) is 16.5. The largest absolute Gasteiger partial charge is 0.454 e. The van der Waals surface area contributed by atoms with Crippen molar-refractivity contribution in [2.75, 3.05) is 6.79 Å². The molecule has 0 spiro atoms.